The highest BCUT2D eigenvalue weighted by molar-refractivity contribution is 4.92. The van der Waals surface area contributed by atoms with Gasteiger partial charge in [0, 0.05) is 12.1 Å². The molecule has 1 unspecified atom stereocenters. The first-order valence-corrected chi connectivity index (χ1v) is 7.73. The summed E-state index contributed by atoms with van der Waals surface area (Å²) in [6.07, 6.45) is 12.2. The monoisotopic (exact) mass is 238 g/mol. The fraction of sp³-hybridized carbons (Fsp3) is 1.00. The minimum absolute atomic E-state index is 0.157. The summed E-state index contributed by atoms with van der Waals surface area (Å²) >= 11 is 0. The van der Waals surface area contributed by atoms with E-state index < -0.39 is 0 Å². The Bertz CT molecular complexity index is 221. The molecule has 0 spiro atoms. The summed E-state index contributed by atoms with van der Waals surface area (Å²) in [5.41, 5.74) is 6.65. The fourth-order valence-electron chi connectivity index (χ4n) is 3.76. The fourth-order valence-corrected chi connectivity index (χ4v) is 3.76. The molecule has 0 aromatic carbocycles. The van der Waals surface area contributed by atoms with Crippen molar-refractivity contribution in [3.63, 3.8) is 0 Å². The van der Waals surface area contributed by atoms with Crippen molar-refractivity contribution >= 4 is 0 Å². The second-order valence-corrected chi connectivity index (χ2v) is 6.43. The van der Waals surface area contributed by atoms with E-state index in [1.165, 1.54) is 70.9 Å². The van der Waals surface area contributed by atoms with Crippen LogP contribution in [0.4, 0.5) is 0 Å². The Labute approximate surface area is 107 Å². The van der Waals surface area contributed by atoms with Crippen molar-refractivity contribution < 1.29 is 0 Å². The zero-order valence-electron chi connectivity index (χ0n) is 11.6. The molecule has 1 atom stereocenters. The van der Waals surface area contributed by atoms with Crippen molar-refractivity contribution in [2.45, 2.75) is 70.3 Å². The molecule has 1 saturated heterocycles. The summed E-state index contributed by atoms with van der Waals surface area (Å²) in [5.74, 6) is 0.988. The Balaban J connectivity index is 1.78. The summed E-state index contributed by atoms with van der Waals surface area (Å²) < 4.78 is 0. The molecule has 1 aliphatic heterocycles. The van der Waals surface area contributed by atoms with E-state index in [1.807, 2.05) is 0 Å². The van der Waals surface area contributed by atoms with E-state index in [2.05, 4.69) is 11.8 Å². The predicted octanol–water partition coefficient (Wildman–Crippen LogP) is 3.16. The number of nitrogens with zero attached hydrogens (tertiary/aromatic N) is 1. The molecule has 0 aromatic heterocycles. The second-order valence-electron chi connectivity index (χ2n) is 6.43. The van der Waals surface area contributed by atoms with E-state index in [1.54, 1.807) is 0 Å². The summed E-state index contributed by atoms with van der Waals surface area (Å²) in [7, 11) is 0. The minimum atomic E-state index is 0.157. The average molecular weight is 238 g/mol. The van der Waals surface area contributed by atoms with E-state index in [9.17, 15) is 0 Å². The van der Waals surface area contributed by atoms with E-state index in [4.69, 9.17) is 5.73 Å². The molecule has 0 aromatic rings. The van der Waals surface area contributed by atoms with Crippen molar-refractivity contribution in [1.29, 1.82) is 0 Å². The third-order valence-electron chi connectivity index (χ3n) is 4.78. The van der Waals surface area contributed by atoms with Gasteiger partial charge in [-0.15, -0.1) is 0 Å². The molecule has 0 bridgehead atoms. The van der Waals surface area contributed by atoms with Crippen LogP contribution in [-0.4, -0.2) is 30.1 Å². The van der Waals surface area contributed by atoms with Gasteiger partial charge in [0.15, 0.2) is 0 Å². The Morgan fingerprint density at radius 3 is 2.59 bits per heavy atom. The zero-order valence-corrected chi connectivity index (χ0v) is 11.6. The van der Waals surface area contributed by atoms with Gasteiger partial charge in [-0.1, -0.05) is 32.6 Å². The molecule has 0 radical (unpaired) electrons. The maximum absolute atomic E-state index is 6.49. The van der Waals surface area contributed by atoms with Gasteiger partial charge in [-0.05, 0) is 51.1 Å². The third kappa shape index (κ3) is 3.96. The number of nitrogens with two attached hydrogens (primary N) is 1. The van der Waals surface area contributed by atoms with E-state index >= 15 is 0 Å². The number of likely N-dealkylation sites (tertiary alicyclic amines) is 1. The molecule has 2 nitrogen and oxygen atoms in total. The second kappa shape index (κ2) is 6.19. The van der Waals surface area contributed by atoms with E-state index in [-0.39, 0.29) is 5.54 Å². The van der Waals surface area contributed by atoms with Gasteiger partial charge >= 0.3 is 0 Å². The van der Waals surface area contributed by atoms with Gasteiger partial charge in [0.05, 0.1) is 0 Å². The van der Waals surface area contributed by atoms with Gasteiger partial charge in [-0.25, -0.2) is 0 Å². The average Bonchev–Trinajstić information content (AvgIpc) is 2.60. The highest BCUT2D eigenvalue weighted by Gasteiger charge is 2.31. The summed E-state index contributed by atoms with van der Waals surface area (Å²) in [6.45, 7) is 6.06. The third-order valence-corrected chi connectivity index (χ3v) is 4.78. The Morgan fingerprint density at radius 1 is 1.12 bits per heavy atom. The van der Waals surface area contributed by atoms with Crippen LogP contribution in [0.25, 0.3) is 0 Å². The Morgan fingerprint density at radius 2 is 1.88 bits per heavy atom. The van der Waals surface area contributed by atoms with Crippen molar-refractivity contribution in [2.24, 2.45) is 11.7 Å². The van der Waals surface area contributed by atoms with Crippen LogP contribution >= 0.6 is 0 Å². The lowest BCUT2D eigenvalue weighted by Gasteiger charge is -2.31. The standard InChI is InChI=1S/C15H30N2/c1-2-6-14-7-5-11-17(12-8-14)13-15(16)9-3-4-10-15/h14H,2-13,16H2,1H3. The number of rotatable bonds is 4. The van der Waals surface area contributed by atoms with Crippen LogP contribution in [0.3, 0.4) is 0 Å². The molecule has 17 heavy (non-hydrogen) atoms. The SMILES string of the molecule is CCCC1CCCN(CC2(N)CCCC2)CC1. The van der Waals surface area contributed by atoms with Crippen LogP contribution < -0.4 is 5.73 Å². The summed E-state index contributed by atoms with van der Waals surface area (Å²) in [6, 6.07) is 0. The summed E-state index contributed by atoms with van der Waals surface area (Å²) in [5, 5.41) is 0. The van der Waals surface area contributed by atoms with Gasteiger partial charge in [-0.3, -0.25) is 0 Å². The summed E-state index contributed by atoms with van der Waals surface area (Å²) in [4.78, 5) is 2.65. The van der Waals surface area contributed by atoms with Gasteiger partial charge in [-0.2, -0.15) is 0 Å². The smallest absolute Gasteiger partial charge is 0.0283 e. The number of hydrogen-bond donors (Lipinski definition) is 1. The molecule has 100 valence electrons. The van der Waals surface area contributed by atoms with Gasteiger partial charge in [0.25, 0.3) is 0 Å². The van der Waals surface area contributed by atoms with Gasteiger partial charge < -0.3 is 10.6 Å². The Kier molecular flexibility index (Phi) is 4.87. The molecule has 2 N–H and O–H groups in total. The number of hydrogen-bond acceptors (Lipinski definition) is 2. The lowest BCUT2D eigenvalue weighted by atomic mass is 9.96. The quantitative estimate of drug-likeness (QED) is 0.815. The molecular weight excluding hydrogens is 208 g/mol. The van der Waals surface area contributed by atoms with Crippen molar-refractivity contribution in [3.05, 3.63) is 0 Å². The first-order valence-electron chi connectivity index (χ1n) is 7.73. The topological polar surface area (TPSA) is 29.3 Å². The zero-order chi connectivity index (χ0) is 12.1. The van der Waals surface area contributed by atoms with Crippen LogP contribution in [0.1, 0.15) is 64.7 Å². The molecule has 2 aliphatic rings. The first-order chi connectivity index (χ1) is 8.22. The maximum atomic E-state index is 6.49. The van der Waals surface area contributed by atoms with Crippen molar-refractivity contribution in [3.8, 4) is 0 Å². The van der Waals surface area contributed by atoms with Crippen LogP contribution in [0.15, 0.2) is 0 Å². The normalized spacial score (nSPS) is 30.4. The molecule has 1 heterocycles. The van der Waals surface area contributed by atoms with Crippen molar-refractivity contribution in [1.82, 2.24) is 4.90 Å². The molecule has 1 saturated carbocycles. The highest BCUT2D eigenvalue weighted by Crippen LogP contribution is 2.29. The molecule has 2 heteroatoms. The predicted molar refractivity (Wildman–Crippen MR) is 74.1 cm³/mol. The maximum Gasteiger partial charge on any atom is 0.0283 e. The van der Waals surface area contributed by atoms with Gasteiger partial charge in [0.2, 0.25) is 0 Å². The van der Waals surface area contributed by atoms with E-state index in [0.717, 1.165) is 12.5 Å². The lowest BCUT2D eigenvalue weighted by Crippen LogP contribution is -2.48. The lowest BCUT2D eigenvalue weighted by molar-refractivity contribution is 0.213. The molecule has 2 fully saturated rings. The minimum Gasteiger partial charge on any atom is -0.324 e. The van der Waals surface area contributed by atoms with Crippen LogP contribution in [0, 0.1) is 5.92 Å². The first kappa shape index (κ1) is 13.4. The van der Waals surface area contributed by atoms with E-state index in [0.29, 0.717) is 0 Å². The molecule has 1 aliphatic carbocycles. The van der Waals surface area contributed by atoms with Crippen LogP contribution in [0.5, 0.6) is 0 Å². The molecule has 2 rings (SSSR count). The van der Waals surface area contributed by atoms with Crippen molar-refractivity contribution in [2.75, 3.05) is 19.6 Å². The molecular formula is C15H30N2. The van der Waals surface area contributed by atoms with Crippen LogP contribution in [0.2, 0.25) is 0 Å². The van der Waals surface area contributed by atoms with Crippen LogP contribution in [-0.2, 0) is 0 Å². The molecule has 0 amide bonds. The highest BCUT2D eigenvalue weighted by atomic mass is 15.1. The van der Waals surface area contributed by atoms with Gasteiger partial charge in [0.1, 0.15) is 0 Å². The largest absolute Gasteiger partial charge is 0.324 e. The Hall–Kier alpha value is -0.0800.